The van der Waals surface area contributed by atoms with E-state index >= 15 is 0 Å². The first kappa shape index (κ1) is 15.4. The number of aryl methyl sites for hydroxylation is 1. The lowest BCUT2D eigenvalue weighted by Crippen LogP contribution is -2.14. The molecule has 0 aliphatic carbocycles. The zero-order valence-electron chi connectivity index (χ0n) is 11.9. The van der Waals surface area contributed by atoms with Gasteiger partial charge in [0.05, 0.1) is 16.8 Å². The lowest BCUT2D eigenvalue weighted by molar-refractivity contribution is -0.113. The van der Waals surface area contributed by atoms with Crippen molar-refractivity contribution in [1.82, 2.24) is 9.97 Å². The van der Waals surface area contributed by atoms with Crippen molar-refractivity contribution in [3.63, 3.8) is 0 Å². The number of hydrogen-bond acceptors (Lipinski definition) is 3. The molecule has 3 rings (SSSR count). The molecule has 0 unspecified atom stereocenters. The molecule has 1 aromatic heterocycles. The normalized spacial score (nSPS) is 10.8. The number of halogens is 1. The largest absolute Gasteiger partial charge is 0.333 e. The van der Waals surface area contributed by atoms with Crippen LogP contribution in [0.2, 0.25) is 0 Å². The van der Waals surface area contributed by atoms with Crippen LogP contribution < -0.4 is 5.32 Å². The van der Waals surface area contributed by atoms with E-state index in [9.17, 15) is 4.79 Å². The number of H-pyrrole nitrogens is 1. The number of fused-ring (bicyclic) bond motifs is 1. The SMILES string of the molecule is Cc1ccc2nc(SCC(=O)Nc3cccc(I)c3)[nH]c2c1. The molecular formula is C16H14IN3OS. The number of nitrogens with zero attached hydrogens (tertiary/aromatic N) is 1. The molecule has 0 aliphatic rings. The van der Waals surface area contributed by atoms with Gasteiger partial charge in [-0.05, 0) is 65.4 Å². The maximum atomic E-state index is 12.0. The summed E-state index contributed by atoms with van der Waals surface area (Å²) in [7, 11) is 0. The van der Waals surface area contributed by atoms with Crippen LogP contribution in [-0.2, 0) is 4.79 Å². The summed E-state index contributed by atoms with van der Waals surface area (Å²) in [5.41, 5.74) is 3.92. The summed E-state index contributed by atoms with van der Waals surface area (Å²) in [5.74, 6) is 0.285. The van der Waals surface area contributed by atoms with Gasteiger partial charge in [-0.1, -0.05) is 23.9 Å². The molecule has 2 N–H and O–H groups in total. The number of aromatic amines is 1. The number of carbonyl (C=O) groups excluding carboxylic acids is 1. The van der Waals surface area contributed by atoms with E-state index in [1.807, 2.05) is 43.3 Å². The van der Waals surface area contributed by atoms with Crippen molar-refractivity contribution in [3.05, 3.63) is 51.6 Å². The number of hydrogen-bond donors (Lipinski definition) is 2. The molecule has 0 fully saturated rings. The predicted octanol–water partition coefficient (Wildman–Crippen LogP) is 4.21. The van der Waals surface area contributed by atoms with E-state index in [-0.39, 0.29) is 5.91 Å². The van der Waals surface area contributed by atoms with Crippen LogP contribution in [0.25, 0.3) is 11.0 Å². The first-order valence-corrected chi connectivity index (χ1v) is 8.81. The van der Waals surface area contributed by atoms with Crippen molar-refractivity contribution in [1.29, 1.82) is 0 Å². The van der Waals surface area contributed by atoms with E-state index in [0.29, 0.717) is 5.75 Å². The minimum atomic E-state index is -0.0383. The van der Waals surface area contributed by atoms with Gasteiger partial charge in [-0.15, -0.1) is 0 Å². The second-order valence-corrected chi connectivity index (χ2v) is 7.12. The third-order valence-electron chi connectivity index (χ3n) is 3.06. The molecular weight excluding hydrogens is 409 g/mol. The van der Waals surface area contributed by atoms with Gasteiger partial charge in [0, 0.05) is 9.26 Å². The Bertz CT molecular complexity index is 831. The van der Waals surface area contributed by atoms with Crippen LogP contribution in [0, 0.1) is 10.5 Å². The van der Waals surface area contributed by atoms with Gasteiger partial charge in [0.15, 0.2) is 5.16 Å². The molecule has 0 atom stereocenters. The summed E-state index contributed by atoms with van der Waals surface area (Å²) in [6.45, 7) is 2.04. The number of rotatable bonds is 4. The van der Waals surface area contributed by atoms with E-state index in [0.717, 1.165) is 25.4 Å². The number of anilines is 1. The number of thioether (sulfide) groups is 1. The standard InChI is InChI=1S/C16H14IN3OS/c1-10-5-6-13-14(7-10)20-16(19-13)22-9-15(21)18-12-4-2-3-11(17)8-12/h2-8H,9H2,1H3,(H,18,21)(H,19,20). The third kappa shape index (κ3) is 3.80. The van der Waals surface area contributed by atoms with Crippen molar-refractivity contribution < 1.29 is 4.79 Å². The quantitative estimate of drug-likeness (QED) is 0.489. The number of amides is 1. The Morgan fingerprint density at radius 2 is 2.18 bits per heavy atom. The molecule has 0 saturated carbocycles. The van der Waals surface area contributed by atoms with Crippen LogP contribution in [0.4, 0.5) is 5.69 Å². The summed E-state index contributed by atoms with van der Waals surface area (Å²) in [5, 5.41) is 3.65. The topological polar surface area (TPSA) is 57.8 Å². The van der Waals surface area contributed by atoms with Gasteiger partial charge < -0.3 is 10.3 Å². The minimum absolute atomic E-state index is 0.0383. The Balaban J connectivity index is 1.62. The number of carbonyl (C=O) groups is 1. The highest BCUT2D eigenvalue weighted by molar-refractivity contribution is 14.1. The summed E-state index contributed by atoms with van der Waals surface area (Å²) < 4.78 is 1.09. The zero-order chi connectivity index (χ0) is 15.5. The highest BCUT2D eigenvalue weighted by atomic mass is 127. The van der Waals surface area contributed by atoms with E-state index in [4.69, 9.17) is 0 Å². The van der Waals surface area contributed by atoms with Gasteiger partial charge in [-0.3, -0.25) is 4.79 Å². The van der Waals surface area contributed by atoms with Crippen molar-refractivity contribution in [3.8, 4) is 0 Å². The average molecular weight is 423 g/mol. The molecule has 0 radical (unpaired) electrons. The van der Waals surface area contributed by atoms with Crippen molar-refractivity contribution in [2.75, 3.05) is 11.1 Å². The monoisotopic (exact) mass is 423 g/mol. The smallest absolute Gasteiger partial charge is 0.234 e. The van der Waals surface area contributed by atoms with Gasteiger partial charge in [-0.25, -0.2) is 4.98 Å². The van der Waals surface area contributed by atoms with E-state index in [1.54, 1.807) is 0 Å². The molecule has 4 nitrogen and oxygen atoms in total. The second-order valence-electron chi connectivity index (χ2n) is 4.91. The highest BCUT2D eigenvalue weighted by Crippen LogP contribution is 2.20. The molecule has 0 spiro atoms. The van der Waals surface area contributed by atoms with Crippen LogP contribution in [-0.4, -0.2) is 21.6 Å². The van der Waals surface area contributed by atoms with Crippen molar-refractivity contribution in [2.24, 2.45) is 0 Å². The minimum Gasteiger partial charge on any atom is -0.333 e. The molecule has 1 heterocycles. The van der Waals surface area contributed by atoms with E-state index in [2.05, 4.69) is 43.9 Å². The molecule has 22 heavy (non-hydrogen) atoms. The summed E-state index contributed by atoms with van der Waals surface area (Å²) in [6.07, 6.45) is 0. The molecule has 0 bridgehead atoms. The van der Waals surface area contributed by atoms with E-state index in [1.165, 1.54) is 17.3 Å². The van der Waals surface area contributed by atoms with Crippen molar-refractivity contribution in [2.45, 2.75) is 12.1 Å². The summed E-state index contributed by atoms with van der Waals surface area (Å²) in [6, 6.07) is 13.8. The molecule has 1 amide bonds. The van der Waals surface area contributed by atoms with Gasteiger partial charge in [0.1, 0.15) is 0 Å². The third-order valence-corrected chi connectivity index (χ3v) is 4.61. The lowest BCUT2D eigenvalue weighted by atomic mass is 10.2. The van der Waals surface area contributed by atoms with Crippen LogP contribution >= 0.6 is 34.4 Å². The number of benzene rings is 2. The van der Waals surface area contributed by atoms with Gasteiger partial charge in [-0.2, -0.15) is 0 Å². The molecule has 112 valence electrons. The highest BCUT2D eigenvalue weighted by Gasteiger charge is 2.07. The molecule has 6 heteroatoms. The molecule has 3 aromatic rings. The fourth-order valence-corrected chi connectivity index (χ4v) is 3.29. The first-order valence-electron chi connectivity index (χ1n) is 6.75. The Labute approximate surface area is 146 Å². The first-order chi connectivity index (χ1) is 10.6. The fraction of sp³-hybridized carbons (Fsp3) is 0.125. The molecule has 0 aliphatic heterocycles. The maximum absolute atomic E-state index is 12.0. The number of aromatic nitrogens is 2. The zero-order valence-corrected chi connectivity index (χ0v) is 14.9. The Morgan fingerprint density at radius 1 is 1.32 bits per heavy atom. The predicted molar refractivity (Wildman–Crippen MR) is 99.3 cm³/mol. The summed E-state index contributed by atoms with van der Waals surface area (Å²) in [4.78, 5) is 19.7. The van der Waals surface area contributed by atoms with Gasteiger partial charge in [0.2, 0.25) is 5.91 Å². The second kappa shape index (κ2) is 6.70. The van der Waals surface area contributed by atoms with Crippen molar-refractivity contribution >= 4 is 57.0 Å². The molecule has 2 aromatic carbocycles. The lowest BCUT2D eigenvalue weighted by Gasteiger charge is -2.04. The maximum Gasteiger partial charge on any atom is 0.234 e. The Hall–Kier alpha value is -1.54. The number of nitrogens with one attached hydrogen (secondary N) is 2. The summed E-state index contributed by atoms with van der Waals surface area (Å²) >= 11 is 3.62. The van der Waals surface area contributed by atoms with Crippen LogP contribution in [0.1, 0.15) is 5.56 Å². The molecule has 0 saturated heterocycles. The van der Waals surface area contributed by atoms with Gasteiger partial charge >= 0.3 is 0 Å². The van der Waals surface area contributed by atoms with Gasteiger partial charge in [0.25, 0.3) is 0 Å². The fourth-order valence-electron chi connectivity index (χ4n) is 2.07. The Kier molecular flexibility index (Phi) is 4.68. The van der Waals surface area contributed by atoms with Crippen LogP contribution in [0.3, 0.4) is 0 Å². The van der Waals surface area contributed by atoms with Crippen LogP contribution in [0.5, 0.6) is 0 Å². The van der Waals surface area contributed by atoms with E-state index < -0.39 is 0 Å². The number of imidazole rings is 1. The Morgan fingerprint density at radius 3 is 3.00 bits per heavy atom. The van der Waals surface area contributed by atoms with Crippen LogP contribution in [0.15, 0.2) is 47.6 Å². The average Bonchev–Trinajstić information content (AvgIpc) is 2.87.